The summed E-state index contributed by atoms with van der Waals surface area (Å²) >= 11 is 0. The number of nitrogens with zero attached hydrogens (tertiary/aromatic N) is 1. The van der Waals surface area contributed by atoms with Crippen LogP contribution in [0.1, 0.15) is 335 Å². The lowest BCUT2D eigenvalue weighted by molar-refractivity contribution is -0.870. The Labute approximate surface area is 538 Å². The molecule has 0 aromatic rings. The summed E-state index contributed by atoms with van der Waals surface area (Å²) in [5.74, 6) is -2.33. The van der Waals surface area contributed by atoms with Gasteiger partial charge in [0.2, 0.25) is 0 Å². The fourth-order valence-corrected chi connectivity index (χ4v) is 10.5. The summed E-state index contributed by atoms with van der Waals surface area (Å²) in [6.45, 7) is 4.61. The second kappa shape index (κ2) is 68.4. The third-order valence-corrected chi connectivity index (χ3v) is 16.1. The average molecular weight is 1220 g/mol. The normalized spacial score (nSPS) is 13.2. The minimum atomic E-state index is -1.64. The van der Waals surface area contributed by atoms with Crippen LogP contribution in [0.25, 0.3) is 0 Å². The lowest BCUT2D eigenvalue weighted by atomic mass is 10.0. The molecule has 87 heavy (non-hydrogen) atoms. The van der Waals surface area contributed by atoms with Gasteiger partial charge in [0, 0.05) is 12.8 Å². The fraction of sp³-hybridized carbons (Fsp3) is 0.782. The molecule has 0 heterocycles. The van der Waals surface area contributed by atoms with Crippen molar-refractivity contribution in [2.45, 2.75) is 347 Å². The van der Waals surface area contributed by atoms with E-state index >= 15 is 0 Å². The van der Waals surface area contributed by atoms with Crippen molar-refractivity contribution in [2.75, 3.05) is 47.5 Å². The highest BCUT2D eigenvalue weighted by Crippen LogP contribution is 2.18. The van der Waals surface area contributed by atoms with Gasteiger partial charge >= 0.3 is 11.9 Å². The summed E-state index contributed by atoms with van der Waals surface area (Å²) in [6.07, 6.45) is 90.0. The number of unbranched alkanes of at least 4 members (excludes halogenated alkanes) is 39. The second-order valence-corrected chi connectivity index (χ2v) is 25.9. The number of carboxylic acid groups (broad SMARTS) is 1. The molecule has 2 unspecified atom stereocenters. The third-order valence-electron chi connectivity index (χ3n) is 16.1. The van der Waals surface area contributed by atoms with Crippen LogP contribution in [0.4, 0.5) is 0 Å². The van der Waals surface area contributed by atoms with E-state index in [1.165, 1.54) is 231 Å². The minimum absolute atomic E-state index is 0.136. The van der Waals surface area contributed by atoms with E-state index in [1.54, 1.807) is 0 Å². The number of esters is 2. The van der Waals surface area contributed by atoms with Crippen LogP contribution < -0.4 is 5.11 Å². The highest BCUT2D eigenvalue weighted by Gasteiger charge is 2.22. The van der Waals surface area contributed by atoms with Crippen molar-refractivity contribution >= 4 is 17.9 Å². The quantitative estimate of drug-likeness (QED) is 0.0195. The maximum absolute atomic E-state index is 12.9. The summed E-state index contributed by atoms with van der Waals surface area (Å²) in [5, 5.41) is 11.8. The number of likely N-dealkylation sites (N-methyl/N-ethyl adjacent to an activating group) is 1. The number of carbonyl (C=O) groups is 3. The second-order valence-electron chi connectivity index (χ2n) is 25.9. The molecule has 0 aliphatic heterocycles. The topological polar surface area (TPSA) is 111 Å². The van der Waals surface area contributed by atoms with Crippen LogP contribution in [0, 0.1) is 0 Å². The average Bonchev–Trinajstić information content (AvgIpc) is 3.57. The van der Waals surface area contributed by atoms with Crippen molar-refractivity contribution in [1.29, 1.82) is 0 Å². The van der Waals surface area contributed by atoms with Crippen LogP contribution in [0.3, 0.4) is 0 Å². The van der Waals surface area contributed by atoms with Crippen molar-refractivity contribution in [3.8, 4) is 0 Å². The summed E-state index contributed by atoms with van der Waals surface area (Å²) in [5.41, 5.74) is 0. The molecule has 0 aliphatic carbocycles. The Kier molecular flexibility index (Phi) is 65.6. The first kappa shape index (κ1) is 83.5. The SMILES string of the molecule is CC/C=C\C/C=C\C/C=C\C/C=C\C/C=C\C/C=C\CCCCC(=O)OC(COC(=O)CCCCCCCCCCCCCCCCCCCCCCCCCCCCCCC/C=C\CCCCCCCCCC)COC(OCC[N+](C)(C)C)C(=O)[O-]. The van der Waals surface area contributed by atoms with Gasteiger partial charge in [-0.15, -0.1) is 0 Å². The molecular weight excluding hydrogens is 1080 g/mol. The highest BCUT2D eigenvalue weighted by atomic mass is 16.7. The zero-order valence-electron chi connectivity index (χ0n) is 57.6. The number of quaternary nitrogens is 1. The number of aliphatic carboxylic acids is 1. The summed E-state index contributed by atoms with van der Waals surface area (Å²) < 4.78 is 22.7. The molecule has 9 heteroatoms. The van der Waals surface area contributed by atoms with E-state index in [0.29, 0.717) is 17.4 Å². The monoisotopic (exact) mass is 1220 g/mol. The first-order valence-electron chi connectivity index (χ1n) is 36.7. The number of carboxylic acids is 1. The first-order valence-corrected chi connectivity index (χ1v) is 36.7. The molecule has 0 N–H and O–H groups in total. The Balaban J connectivity index is 3.98. The van der Waals surface area contributed by atoms with E-state index in [0.717, 1.165) is 70.6 Å². The predicted octanol–water partition coefficient (Wildman–Crippen LogP) is 21.7. The van der Waals surface area contributed by atoms with Gasteiger partial charge in [0.15, 0.2) is 12.4 Å². The minimum Gasteiger partial charge on any atom is -0.545 e. The number of hydrogen-bond acceptors (Lipinski definition) is 8. The van der Waals surface area contributed by atoms with Crippen LogP contribution in [0.15, 0.2) is 85.1 Å². The van der Waals surface area contributed by atoms with Crippen molar-refractivity contribution in [3.05, 3.63) is 85.1 Å². The van der Waals surface area contributed by atoms with Crippen LogP contribution >= 0.6 is 0 Å². The number of ether oxygens (including phenoxy) is 4. The Morgan fingerprint density at radius 3 is 1.01 bits per heavy atom. The van der Waals surface area contributed by atoms with Crippen molar-refractivity contribution in [1.82, 2.24) is 0 Å². The van der Waals surface area contributed by atoms with Gasteiger partial charge in [0.05, 0.1) is 40.3 Å². The Bertz CT molecular complexity index is 1700. The van der Waals surface area contributed by atoms with E-state index < -0.39 is 24.3 Å². The molecule has 0 aromatic heterocycles. The molecule has 0 saturated heterocycles. The van der Waals surface area contributed by atoms with Crippen LogP contribution in [-0.4, -0.2) is 82.3 Å². The van der Waals surface area contributed by atoms with Gasteiger partial charge < -0.3 is 33.3 Å². The van der Waals surface area contributed by atoms with E-state index in [4.69, 9.17) is 18.9 Å². The van der Waals surface area contributed by atoms with Gasteiger partial charge in [-0.3, -0.25) is 9.59 Å². The number of rotatable bonds is 68. The van der Waals surface area contributed by atoms with Gasteiger partial charge in [-0.05, 0) is 89.9 Å². The number of hydrogen-bond donors (Lipinski definition) is 0. The van der Waals surface area contributed by atoms with Crippen molar-refractivity contribution in [2.24, 2.45) is 0 Å². The molecule has 0 amide bonds. The first-order chi connectivity index (χ1) is 42.6. The molecule has 0 aliphatic rings. The van der Waals surface area contributed by atoms with Gasteiger partial charge in [0.25, 0.3) is 0 Å². The molecule has 504 valence electrons. The van der Waals surface area contributed by atoms with Gasteiger partial charge in [0.1, 0.15) is 13.2 Å². The van der Waals surface area contributed by atoms with Crippen LogP contribution in [0.5, 0.6) is 0 Å². The molecular formula is C78H139NO8. The summed E-state index contributed by atoms with van der Waals surface area (Å²) in [7, 11) is 5.91. The third kappa shape index (κ3) is 69.8. The predicted molar refractivity (Wildman–Crippen MR) is 371 cm³/mol. The molecule has 0 spiro atoms. The van der Waals surface area contributed by atoms with Crippen molar-refractivity contribution < 1.29 is 42.9 Å². The lowest BCUT2D eigenvalue weighted by Gasteiger charge is -2.26. The zero-order valence-corrected chi connectivity index (χ0v) is 57.6. The Hall–Kier alpha value is -3.53. The standard InChI is InChI=1S/C78H139NO8/c1-6-8-10-12-14-16-18-20-22-24-26-28-29-30-31-32-33-34-35-36-37-38-39-40-41-42-43-44-45-46-47-49-50-52-54-56-58-60-62-64-66-68-75(80)85-72-74(73-86-78(77(82)83)84-71-70-79(3,4)5)87-76(81)69-67-65-63-61-59-57-55-53-51-48-27-25-23-21-19-17-15-13-11-9-7-2/h9,11,15,17,21,23-24,26-27,48,53,55,59,61,74,78H,6-8,10,12-14,16,18-20,22,25,28-47,49-52,54,56-58,60,62-73H2,1-5H3/b11-9-,17-15-,23-21-,26-24-,48-27-,55-53-,61-59-. The highest BCUT2D eigenvalue weighted by molar-refractivity contribution is 5.70. The largest absolute Gasteiger partial charge is 0.545 e. The molecule has 9 nitrogen and oxygen atoms in total. The van der Waals surface area contributed by atoms with Crippen LogP contribution in [-0.2, 0) is 33.3 Å². The molecule has 0 radical (unpaired) electrons. The van der Waals surface area contributed by atoms with Crippen molar-refractivity contribution in [3.63, 3.8) is 0 Å². The maximum Gasteiger partial charge on any atom is 0.306 e. The van der Waals surface area contributed by atoms with E-state index in [9.17, 15) is 19.5 Å². The fourth-order valence-electron chi connectivity index (χ4n) is 10.5. The van der Waals surface area contributed by atoms with Crippen LogP contribution in [0.2, 0.25) is 0 Å². The summed E-state index contributed by atoms with van der Waals surface area (Å²) in [6, 6.07) is 0. The molecule has 2 atom stereocenters. The maximum atomic E-state index is 12.9. The van der Waals surface area contributed by atoms with Gasteiger partial charge in [-0.1, -0.05) is 317 Å². The molecule has 0 aromatic carbocycles. The van der Waals surface area contributed by atoms with E-state index in [2.05, 4.69) is 98.9 Å². The number of carbonyl (C=O) groups excluding carboxylic acids is 3. The van der Waals surface area contributed by atoms with Gasteiger partial charge in [-0.25, -0.2) is 0 Å². The molecule has 0 bridgehead atoms. The lowest BCUT2D eigenvalue weighted by Crippen LogP contribution is -2.44. The summed E-state index contributed by atoms with van der Waals surface area (Å²) in [4.78, 5) is 37.4. The number of allylic oxidation sites excluding steroid dienone is 14. The smallest absolute Gasteiger partial charge is 0.306 e. The van der Waals surface area contributed by atoms with E-state index in [1.807, 2.05) is 21.1 Å². The van der Waals surface area contributed by atoms with E-state index in [-0.39, 0.29) is 38.6 Å². The van der Waals surface area contributed by atoms with Gasteiger partial charge in [-0.2, -0.15) is 0 Å². The molecule has 0 rings (SSSR count). The molecule has 0 saturated carbocycles. The Morgan fingerprint density at radius 2 is 0.655 bits per heavy atom. The zero-order chi connectivity index (χ0) is 63.3. The molecule has 0 fully saturated rings. The Morgan fingerprint density at radius 1 is 0.356 bits per heavy atom.